The summed E-state index contributed by atoms with van der Waals surface area (Å²) in [6.45, 7) is 7.01. The first-order valence-electron chi connectivity index (χ1n) is 8.87. The van der Waals surface area contributed by atoms with E-state index in [0.717, 1.165) is 5.69 Å². The molecule has 2 heterocycles. The molecule has 2 aromatic rings. The Kier molecular flexibility index (Phi) is 6.89. The molecule has 1 N–H and O–H groups in total. The van der Waals surface area contributed by atoms with Crippen LogP contribution in [0.1, 0.15) is 32.2 Å². The Balaban J connectivity index is 2.15. The molecule has 0 aromatic carbocycles. The minimum Gasteiger partial charge on any atom is -0.467 e. The predicted molar refractivity (Wildman–Crippen MR) is 99.3 cm³/mol. The van der Waals surface area contributed by atoms with E-state index in [2.05, 4.69) is 5.32 Å². The van der Waals surface area contributed by atoms with Crippen LogP contribution in [0.5, 0.6) is 0 Å². The fourth-order valence-corrected chi connectivity index (χ4v) is 2.67. The number of hydrogen-bond donors (Lipinski definition) is 1. The number of hydrogen-bond acceptors (Lipinski definition) is 3. The zero-order chi connectivity index (χ0) is 19.1. The Morgan fingerprint density at radius 2 is 2.00 bits per heavy atom. The van der Waals surface area contributed by atoms with Gasteiger partial charge in [-0.1, -0.05) is 0 Å². The van der Waals surface area contributed by atoms with E-state index in [-0.39, 0.29) is 24.5 Å². The van der Waals surface area contributed by atoms with E-state index in [9.17, 15) is 9.59 Å². The van der Waals surface area contributed by atoms with Crippen LogP contribution in [0, 0.1) is 0 Å². The van der Waals surface area contributed by atoms with E-state index < -0.39 is 0 Å². The second kappa shape index (κ2) is 9.12. The van der Waals surface area contributed by atoms with Gasteiger partial charge in [-0.25, -0.2) is 4.79 Å². The number of carbonyl (C=O) groups is 2. The van der Waals surface area contributed by atoms with E-state index >= 15 is 0 Å². The maximum Gasteiger partial charge on any atom is 0.318 e. The van der Waals surface area contributed by atoms with Crippen molar-refractivity contribution in [3.63, 3.8) is 0 Å². The summed E-state index contributed by atoms with van der Waals surface area (Å²) in [5.41, 5.74) is 1.01. The number of aryl methyl sites for hydroxylation is 1. The average Bonchev–Trinajstić information content (AvgIpc) is 3.24. The third-order valence-electron chi connectivity index (χ3n) is 4.20. The number of amides is 3. The average molecular weight is 360 g/mol. The second-order valence-corrected chi connectivity index (χ2v) is 6.50. The monoisotopic (exact) mass is 360 g/mol. The molecular weight excluding hydrogens is 332 g/mol. The predicted octanol–water partition coefficient (Wildman–Crippen LogP) is 2.59. The Bertz CT molecular complexity index is 706. The van der Waals surface area contributed by atoms with Crippen molar-refractivity contribution in [2.45, 2.75) is 39.9 Å². The van der Waals surface area contributed by atoms with E-state index in [0.29, 0.717) is 25.4 Å². The van der Waals surface area contributed by atoms with Gasteiger partial charge in [0.05, 0.1) is 19.4 Å². The lowest BCUT2D eigenvalue weighted by molar-refractivity contribution is -0.133. The highest BCUT2D eigenvalue weighted by molar-refractivity contribution is 5.84. The molecule has 0 bridgehead atoms. The number of rotatable bonds is 8. The number of carbonyl (C=O) groups excluding carboxylic acids is 2. The largest absolute Gasteiger partial charge is 0.467 e. The van der Waals surface area contributed by atoms with Crippen LogP contribution in [0.4, 0.5) is 4.79 Å². The van der Waals surface area contributed by atoms with Crippen LogP contribution >= 0.6 is 0 Å². The van der Waals surface area contributed by atoms with Crippen molar-refractivity contribution < 1.29 is 14.0 Å². The maximum atomic E-state index is 13.0. The van der Waals surface area contributed by atoms with E-state index in [4.69, 9.17) is 4.42 Å². The van der Waals surface area contributed by atoms with Gasteiger partial charge < -0.3 is 24.1 Å². The Morgan fingerprint density at radius 1 is 1.23 bits per heavy atom. The van der Waals surface area contributed by atoms with Crippen molar-refractivity contribution in [2.75, 3.05) is 13.1 Å². The van der Waals surface area contributed by atoms with Gasteiger partial charge in [0.15, 0.2) is 0 Å². The number of urea groups is 1. The molecule has 2 rings (SSSR count). The van der Waals surface area contributed by atoms with Crippen LogP contribution in [0.15, 0.2) is 41.1 Å². The third-order valence-corrected chi connectivity index (χ3v) is 4.20. The van der Waals surface area contributed by atoms with Gasteiger partial charge in [-0.3, -0.25) is 4.79 Å². The van der Waals surface area contributed by atoms with E-state index in [1.807, 2.05) is 56.8 Å². The Labute approximate surface area is 154 Å². The fourth-order valence-electron chi connectivity index (χ4n) is 2.67. The van der Waals surface area contributed by atoms with Crippen molar-refractivity contribution in [3.05, 3.63) is 48.2 Å². The van der Waals surface area contributed by atoms with Gasteiger partial charge in [-0.2, -0.15) is 0 Å². The normalized spacial score (nSPS) is 10.8. The van der Waals surface area contributed by atoms with E-state index in [1.165, 1.54) is 0 Å². The zero-order valence-electron chi connectivity index (χ0n) is 15.9. The molecular formula is C19H28N4O3. The Morgan fingerprint density at radius 3 is 2.54 bits per heavy atom. The van der Waals surface area contributed by atoms with Crippen LogP contribution < -0.4 is 5.32 Å². The van der Waals surface area contributed by atoms with Crippen LogP contribution in [0.2, 0.25) is 0 Å². The summed E-state index contributed by atoms with van der Waals surface area (Å²) in [5.74, 6) is 0.587. The fraction of sp³-hybridized carbons (Fsp3) is 0.474. The number of furan rings is 1. The summed E-state index contributed by atoms with van der Waals surface area (Å²) < 4.78 is 7.39. The van der Waals surface area contributed by atoms with Crippen molar-refractivity contribution in [2.24, 2.45) is 7.05 Å². The highest BCUT2D eigenvalue weighted by Gasteiger charge is 2.24. The molecule has 3 amide bonds. The van der Waals surface area contributed by atoms with Crippen LogP contribution in [-0.2, 0) is 24.9 Å². The molecule has 0 aliphatic rings. The van der Waals surface area contributed by atoms with Crippen LogP contribution in [0.25, 0.3) is 0 Å². The summed E-state index contributed by atoms with van der Waals surface area (Å²) in [5, 5.41) is 2.77. The Hall–Kier alpha value is -2.70. The van der Waals surface area contributed by atoms with Gasteiger partial charge in [0.1, 0.15) is 12.3 Å². The molecule has 142 valence electrons. The topological polar surface area (TPSA) is 70.7 Å². The van der Waals surface area contributed by atoms with Crippen molar-refractivity contribution in [1.82, 2.24) is 19.7 Å². The lowest BCUT2D eigenvalue weighted by atomic mass is 10.3. The SMILES string of the molecule is CCNC(=O)N(CC(=O)N(Cc1ccco1)Cc1cccn1C)C(C)C. The van der Waals surface area contributed by atoms with Gasteiger partial charge in [-0.05, 0) is 45.0 Å². The number of nitrogens with zero attached hydrogens (tertiary/aromatic N) is 3. The molecule has 7 heteroatoms. The van der Waals surface area contributed by atoms with Crippen LogP contribution in [0.3, 0.4) is 0 Å². The first kappa shape index (κ1) is 19.6. The first-order chi connectivity index (χ1) is 12.4. The number of aromatic nitrogens is 1. The van der Waals surface area contributed by atoms with Crippen LogP contribution in [-0.4, -0.2) is 45.4 Å². The van der Waals surface area contributed by atoms with Gasteiger partial charge in [-0.15, -0.1) is 0 Å². The van der Waals surface area contributed by atoms with Crippen molar-refractivity contribution in [1.29, 1.82) is 0 Å². The lowest BCUT2D eigenvalue weighted by Crippen LogP contribution is -2.49. The molecule has 0 atom stereocenters. The van der Waals surface area contributed by atoms with E-state index in [1.54, 1.807) is 22.1 Å². The molecule has 0 saturated heterocycles. The molecule has 0 fully saturated rings. The number of nitrogens with one attached hydrogen (secondary N) is 1. The molecule has 7 nitrogen and oxygen atoms in total. The highest BCUT2D eigenvalue weighted by atomic mass is 16.3. The van der Waals surface area contributed by atoms with Gasteiger partial charge in [0, 0.05) is 31.5 Å². The quantitative estimate of drug-likeness (QED) is 0.786. The summed E-state index contributed by atoms with van der Waals surface area (Å²) in [7, 11) is 1.94. The molecule has 0 aliphatic carbocycles. The maximum absolute atomic E-state index is 13.0. The van der Waals surface area contributed by atoms with Gasteiger partial charge in [0.2, 0.25) is 5.91 Å². The third kappa shape index (κ3) is 5.15. The second-order valence-electron chi connectivity index (χ2n) is 6.50. The standard InChI is InChI=1S/C19H28N4O3/c1-5-20-19(25)23(15(2)3)14-18(24)22(13-17-9-7-11-26-17)12-16-8-6-10-21(16)4/h6-11,15H,5,12-14H2,1-4H3,(H,20,25). The summed E-state index contributed by atoms with van der Waals surface area (Å²) in [4.78, 5) is 28.5. The molecule has 0 spiro atoms. The highest BCUT2D eigenvalue weighted by Crippen LogP contribution is 2.12. The summed E-state index contributed by atoms with van der Waals surface area (Å²) in [6.07, 6.45) is 3.54. The molecule has 0 radical (unpaired) electrons. The lowest BCUT2D eigenvalue weighted by Gasteiger charge is -2.29. The molecule has 0 saturated carbocycles. The molecule has 0 unspecified atom stereocenters. The minimum atomic E-state index is -0.229. The zero-order valence-corrected chi connectivity index (χ0v) is 15.9. The minimum absolute atomic E-state index is 0.0225. The van der Waals surface area contributed by atoms with Crippen molar-refractivity contribution >= 4 is 11.9 Å². The molecule has 0 aliphatic heterocycles. The van der Waals surface area contributed by atoms with Gasteiger partial charge in [0.25, 0.3) is 0 Å². The first-order valence-corrected chi connectivity index (χ1v) is 8.87. The van der Waals surface area contributed by atoms with Gasteiger partial charge >= 0.3 is 6.03 Å². The molecule has 2 aromatic heterocycles. The molecule has 26 heavy (non-hydrogen) atoms. The smallest absolute Gasteiger partial charge is 0.318 e. The summed E-state index contributed by atoms with van der Waals surface area (Å²) in [6, 6.07) is 7.26. The summed E-state index contributed by atoms with van der Waals surface area (Å²) >= 11 is 0. The van der Waals surface area contributed by atoms with Crippen molar-refractivity contribution in [3.8, 4) is 0 Å².